The van der Waals surface area contributed by atoms with E-state index >= 15 is 0 Å². The van der Waals surface area contributed by atoms with Gasteiger partial charge in [-0.3, -0.25) is 4.98 Å². The Morgan fingerprint density at radius 2 is 2.12 bits per heavy atom. The number of nitrogen functional groups attached to an aromatic ring is 1. The standard InChI is InChI=1S/C13H16N4/c1-3-17(11-6-4-5-10(2)7-11)13-9-15-8-12(14)16-13/h4-9H,3H2,1-2H3,(H2,14,16). The zero-order valence-electron chi connectivity index (χ0n) is 10.1. The number of aromatic nitrogens is 2. The number of hydrogen-bond donors (Lipinski definition) is 1. The van der Waals surface area contributed by atoms with Crippen LogP contribution in [0.3, 0.4) is 0 Å². The monoisotopic (exact) mass is 228 g/mol. The zero-order valence-corrected chi connectivity index (χ0v) is 10.1. The van der Waals surface area contributed by atoms with E-state index in [1.54, 1.807) is 12.4 Å². The second-order valence-electron chi connectivity index (χ2n) is 3.89. The third-order valence-corrected chi connectivity index (χ3v) is 2.55. The molecule has 0 saturated heterocycles. The Bertz CT molecular complexity index is 465. The van der Waals surface area contributed by atoms with Gasteiger partial charge in [-0.15, -0.1) is 0 Å². The van der Waals surface area contributed by atoms with Crippen LogP contribution in [-0.4, -0.2) is 16.5 Å². The van der Waals surface area contributed by atoms with Crippen LogP contribution in [0, 0.1) is 6.92 Å². The van der Waals surface area contributed by atoms with Crippen LogP contribution in [0.5, 0.6) is 0 Å². The fourth-order valence-corrected chi connectivity index (χ4v) is 1.77. The summed E-state index contributed by atoms with van der Waals surface area (Å²) in [6, 6.07) is 8.28. The highest BCUT2D eigenvalue weighted by Crippen LogP contribution is 2.23. The van der Waals surface area contributed by atoms with Crippen molar-refractivity contribution in [1.82, 2.24) is 9.97 Å². The van der Waals surface area contributed by atoms with Gasteiger partial charge in [0.15, 0.2) is 5.82 Å². The van der Waals surface area contributed by atoms with Gasteiger partial charge in [0.1, 0.15) is 5.82 Å². The molecular weight excluding hydrogens is 212 g/mol. The van der Waals surface area contributed by atoms with Crippen molar-refractivity contribution in [2.75, 3.05) is 17.2 Å². The maximum absolute atomic E-state index is 5.66. The molecule has 1 aromatic carbocycles. The molecule has 1 aromatic heterocycles. The predicted molar refractivity (Wildman–Crippen MR) is 70.3 cm³/mol. The number of hydrogen-bond acceptors (Lipinski definition) is 4. The quantitative estimate of drug-likeness (QED) is 0.877. The predicted octanol–water partition coefficient (Wildman–Crippen LogP) is 2.53. The molecule has 0 aliphatic carbocycles. The topological polar surface area (TPSA) is 55.0 Å². The molecule has 0 bridgehead atoms. The number of aryl methyl sites for hydroxylation is 1. The van der Waals surface area contributed by atoms with Crippen molar-refractivity contribution < 1.29 is 0 Å². The summed E-state index contributed by atoms with van der Waals surface area (Å²) < 4.78 is 0. The van der Waals surface area contributed by atoms with Gasteiger partial charge in [-0.2, -0.15) is 0 Å². The number of rotatable bonds is 3. The molecule has 2 aromatic rings. The van der Waals surface area contributed by atoms with E-state index in [1.165, 1.54) is 5.56 Å². The first-order valence-electron chi connectivity index (χ1n) is 5.62. The molecule has 2 N–H and O–H groups in total. The van der Waals surface area contributed by atoms with Crippen LogP contribution < -0.4 is 10.6 Å². The van der Waals surface area contributed by atoms with Crippen molar-refractivity contribution in [3.8, 4) is 0 Å². The molecule has 0 aliphatic rings. The highest BCUT2D eigenvalue weighted by molar-refractivity contribution is 5.60. The molecule has 0 saturated carbocycles. The molecule has 4 nitrogen and oxygen atoms in total. The van der Waals surface area contributed by atoms with Crippen LogP contribution in [0.2, 0.25) is 0 Å². The normalized spacial score (nSPS) is 10.2. The van der Waals surface area contributed by atoms with Crippen molar-refractivity contribution in [2.45, 2.75) is 13.8 Å². The third-order valence-electron chi connectivity index (χ3n) is 2.55. The van der Waals surface area contributed by atoms with Gasteiger partial charge < -0.3 is 10.6 Å². The fraction of sp³-hybridized carbons (Fsp3) is 0.231. The summed E-state index contributed by atoms with van der Waals surface area (Å²) in [5.41, 5.74) is 7.98. The van der Waals surface area contributed by atoms with Crippen LogP contribution in [0.1, 0.15) is 12.5 Å². The Labute approximate surface area is 101 Å². The molecule has 0 atom stereocenters. The lowest BCUT2D eigenvalue weighted by molar-refractivity contribution is 0.978. The lowest BCUT2D eigenvalue weighted by Crippen LogP contribution is -2.18. The van der Waals surface area contributed by atoms with E-state index in [9.17, 15) is 0 Å². The Morgan fingerprint density at radius 1 is 1.29 bits per heavy atom. The molecule has 4 heteroatoms. The van der Waals surface area contributed by atoms with E-state index < -0.39 is 0 Å². The van der Waals surface area contributed by atoms with E-state index in [0.717, 1.165) is 18.1 Å². The minimum absolute atomic E-state index is 0.439. The van der Waals surface area contributed by atoms with E-state index in [1.807, 2.05) is 6.07 Å². The van der Waals surface area contributed by atoms with E-state index in [2.05, 4.69) is 46.9 Å². The van der Waals surface area contributed by atoms with Crippen molar-refractivity contribution >= 4 is 17.3 Å². The number of anilines is 3. The minimum atomic E-state index is 0.439. The summed E-state index contributed by atoms with van der Waals surface area (Å²) in [7, 11) is 0. The Balaban J connectivity index is 2.40. The highest BCUT2D eigenvalue weighted by atomic mass is 15.2. The van der Waals surface area contributed by atoms with Gasteiger partial charge in [-0.1, -0.05) is 12.1 Å². The summed E-state index contributed by atoms with van der Waals surface area (Å²) in [5.74, 6) is 1.21. The number of benzene rings is 1. The Hall–Kier alpha value is -2.10. The number of nitrogens with zero attached hydrogens (tertiary/aromatic N) is 3. The first kappa shape index (κ1) is 11.4. The second-order valence-corrected chi connectivity index (χ2v) is 3.89. The summed E-state index contributed by atoms with van der Waals surface area (Å²) in [6.45, 7) is 4.97. The van der Waals surface area contributed by atoms with Gasteiger partial charge in [-0.05, 0) is 31.5 Å². The summed E-state index contributed by atoms with van der Waals surface area (Å²) in [5, 5.41) is 0. The minimum Gasteiger partial charge on any atom is -0.382 e. The van der Waals surface area contributed by atoms with Crippen LogP contribution >= 0.6 is 0 Å². The molecule has 88 valence electrons. The summed E-state index contributed by atoms with van der Waals surface area (Å²) in [6.07, 6.45) is 3.27. The SMILES string of the molecule is CCN(c1cccc(C)c1)c1cncc(N)n1. The molecule has 0 fully saturated rings. The average Bonchev–Trinajstić information content (AvgIpc) is 2.30. The average molecular weight is 228 g/mol. The van der Waals surface area contributed by atoms with Crippen molar-refractivity contribution in [3.05, 3.63) is 42.2 Å². The van der Waals surface area contributed by atoms with Gasteiger partial charge in [0.2, 0.25) is 0 Å². The second kappa shape index (κ2) is 4.82. The molecule has 0 aliphatic heterocycles. The van der Waals surface area contributed by atoms with Crippen LogP contribution in [-0.2, 0) is 0 Å². The van der Waals surface area contributed by atoms with Gasteiger partial charge >= 0.3 is 0 Å². The summed E-state index contributed by atoms with van der Waals surface area (Å²) >= 11 is 0. The van der Waals surface area contributed by atoms with Gasteiger partial charge in [0, 0.05) is 12.2 Å². The molecule has 17 heavy (non-hydrogen) atoms. The first-order chi connectivity index (χ1) is 8.20. The van der Waals surface area contributed by atoms with Crippen molar-refractivity contribution in [2.24, 2.45) is 0 Å². The van der Waals surface area contributed by atoms with Gasteiger partial charge in [0.05, 0.1) is 12.4 Å². The lowest BCUT2D eigenvalue weighted by atomic mass is 10.2. The van der Waals surface area contributed by atoms with Crippen LogP contribution in [0.25, 0.3) is 0 Å². The van der Waals surface area contributed by atoms with E-state index in [0.29, 0.717) is 5.82 Å². The maximum Gasteiger partial charge on any atom is 0.153 e. The lowest BCUT2D eigenvalue weighted by Gasteiger charge is -2.22. The van der Waals surface area contributed by atoms with Crippen molar-refractivity contribution in [3.63, 3.8) is 0 Å². The summed E-state index contributed by atoms with van der Waals surface area (Å²) in [4.78, 5) is 10.4. The van der Waals surface area contributed by atoms with E-state index in [4.69, 9.17) is 5.73 Å². The first-order valence-corrected chi connectivity index (χ1v) is 5.62. The van der Waals surface area contributed by atoms with Gasteiger partial charge in [-0.25, -0.2) is 4.98 Å². The smallest absolute Gasteiger partial charge is 0.153 e. The Kier molecular flexibility index (Phi) is 3.23. The molecule has 0 spiro atoms. The largest absolute Gasteiger partial charge is 0.382 e. The molecule has 0 amide bonds. The van der Waals surface area contributed by atoms with Crippen LogP contribution in [0.15, 0.2) is 36.7 Å². The van der Waals surface area contributed by atoms with Crippen molar-refractivity contribution in [1.29, 1.82) is 0 Å². The fourth-order valence-electron chi connectivity index (χ4n) is 1.77. The molecular formula is C13H16N4. The molecule has 1 heterocycles. The van der Waals surface area contributed by atoms with Gasteiger partial charge in [0.25, 0.3) is 0 Å². The molecule has 0 radical (unpaired) electrons. The highest BCUT2D eigenvalue weighted by Gasteiger charge is 2.09. The maximum atomic E-state index is 5.66. The zero-order chi connectivity index (χ0) is 12.3. The van der Waals surface area contributed by atoms with E-state index in [-0.39, 0.29) is 0 Å². The Morgan fingerprint density at radius 3 is 2.76 bits per heavy atom. The van der Waals surface area contributed by atoms with Crippen LogP contribution in [0.4, 0.5) is 17.3 Å². The molecule has 0 unspecified atom stereocenters. The third kappa shape index (κ3) is 2.53. The molecule has 2 rings (SSSR count). The number of nitrogens with two attached hydrogens (primary N) is 1.